The van der Waals surface area contributed by atoms with Crippen molar-refractivity contribution in [1.82, 2.24) is 4.90 Å². The first kappa shape index (κ1) is 14.4. The molecule has 1 aliphatic rings. The Hall–Kier alpha value is -1.06. The van der Waals surface area contributed by atoms with Gasteiger partial charge in [-0.05, 0) is 43.9 Å². The average Bonchev–Trinajstić information content (AvgIpc) is 2.46. The molecule has 1 fully saturated rings. The maximum atomic E-state index is 5.90. The minimum Gasteiger partial charge on any atom is -0.497 e. The fourth-order valence-corrected chi connectivity index (χ4v) is 3.05. The zero-order valence-electron chi connectivity index (χ0n) is 12.1. The van der Waals surface area contributed by atoms with Gasteiger partial charge in [-0.2, -0.15) is 0 Å². The summed E-state index contributed by atoms with van der Waals surface area (Å²) in [6.45, 7) is 4.22. The van der Waals surface area contributed by atoms with E-state index in [-0.39, 0.29) is 0 Å². The SMILES string of the molecule is COc1ccc(CCN2C(C)CCCC2CN)cc1. The number of hydrogen-bond donors (Lipinski definition) is 1. The first-order valence-corrected chi connectivity index (χ1v) is 7.33. The molecule has 3 nitrogen and oxygen atoms in total. The summed E-state index contributed by atoms with van der Waals surface area (Å²) < 4.78 is 5.19. The summed E-state index contributed by atoms with van der Waals surface area (Å²) in [5.74, 6) is 0.926. The summed E-state index contributed by atoms with van der Waals surface area (Å²) in [6.07, 6.45) is 4.97. The molecular formula is C16H26N2O. The van der Waals surface area contributed by atoms with Gasteiger partial charge in [0.05, 0.1) is 7.11 Å². The average molecular weight is 262 g/mol. The molecule has 0 radical (unpaired) electrons. The van der Waals surface area contributed by atoms with Gasteiger partial charge in [0.15, 0.2) is 0 Å². The van der Waals surface area contributed by atoms with E-state index in [4.69, 9.17) is 10.5 Å². The lowest BCUT2D eigenvalue weighted by Crippen LogP contribution is -2.49. The number of methoxy groups -OCH3 is 1. The summed E-state index contributed by atoms with van der Waals surface area (Å²) in [5, 5.41) is 0. The van der Waals surface area contributed by atoms with E-state index in [9.17, 15) is 0 Å². The summed E-state index contributed by atoms with van der Waals surface area (Å²) >= 11 is 0. The highest BCUT2D eigenvalue weighted by molar-refractivity contribution is 5.27. The van der Waals surface area contributed by atoms with Gasteiger partial charge in [-0.1, -0.05) is 18.6 Å². The van der Waals surface area contributed by atoms with Crippen molar-refractivity contribution in [3.05, 3.63) is 29.8 Å². The van der Waals surface area contributed by atoms with Gasteiger partial charge in [-0.25, -0.2) is 0 Å². The highest BCUT2D eigenvalue weighted by Gasteiger charge is 2.26. The zero-order chi connectivity index (χ0) is 13.7. The molecule has 1 saturated heterocycles. The number of likely N-dealkylation sites (tertiary alicyclic amines) is 1. The second-order valence-corrected chi connectivity index (χ2v) is 5.51. The van der Waals surface area contributed by atoms with Crippen molar-refractivity contribution in [2.75, 3.05) is 20.2 Å². The molecule has 2 N–H and O–H groups in total. The Morgan fingerprint density at radius 3 is 2.63 bits per heavy atom. The minimum atomic E-state index is 0.571. The molecule has 0 spiro atoms. The maximum Gasteiger partial charge on any atom is 0.118 e. The number of piperidine rings is 1. The minimum absolute atomic E-state index is 0.571. The lowest BCUT2D eigenvalue weighted by atomic mass is 9.95. The molecule has 0 amide bonds. The van der Waals surface area contributed by atoms with E-state index in [2.05, 4.69) is 24.0 Å². The monoisotopic (exact) mass is 262 g/mol. The lowest BCUT2D eigenvalue weighted by Gasteiger charge is -2.40. The van der Waals surface area contributed by atoms with Crippen molar-refractivity contribution in [3.63, 3.8) is 0 Å². The lowest BCUT2D eigenvalue weighted by molar-refractivity contribution is 0.0988. The topological polar surface area (TPSA) is 38.5 Å². The van der Waals surface area contributed by atoms with Crippen LogP contribution in [0.4, 0.5) is 0 Å². The van der Waals surface area contributed by atoms with E-state index in [1.165, 1.54) is 24.8 Å². The van der Waals surface area contributed by atoms with Gasteiger partial charge in [-0.15, -0.1) is 0 Å². The molecule has 1 aromatic rings. The van der Waals surface area contributed by atoms with Crippen molar-refractivity contribution in [2.24, 2.45) is 5.73 Å². The van der Waals surface area contributed by atoms with Crippen LogP contribution in [0.25, 0.3) is 0 Å². The molecule has 2 unspecified atom stereocenters. The smallest absolute Gasteiger partial charge is 0.118 e. The molecule has 0 aromatic heterocycles. The molecule has 0 bridgehead atoms. The first-order valence-electron chi connectivity index (χ1n) is 7.33. The molecule has 3 heteroatoms. The third kappa shape index (κ3) is 3.71. The number of rotatable bonds is 5. The Morgan fingerprint density at radius 1 is 1.26 bits per heavy atom. The molecular weight excluding hydrogens is 236 g/mol. The summed E-state index contributed by atoms with van der Waals surface area (Å²) in [5.41, 5.74) is 7.27. The van der Waals surface area contributed by atoms with Crippen molar-refractivity contribution in [3.8, 4) is 5.75 Å². The molecule has 0 aliphatic carbocycles. The van der Waals surface area contributed by atoms with Gasteiger partial charge >= 0.3 is 0 Å². The van der Waals surface area contributed by atoms with Crippen molar-refractivity contribution < 1.29 is 4.74 Å². The highest BCUT2D eigenvalue weighted by atomic mass is 16.5. The second kappa shape index (κ2) is 6.92. The van der Waals surface area contributed by atoms with E-state index in [1.54, 1.807) is 7.11 Å². The number of benzene rings is 1. The van der Waals surface area contributed by atoms with Crippen LogP contribution in [-0.2, 0) is 6.42 Å². The third-order valence-electron chi connectivity index (χ3n) is 4.28. The normalized spacial score (nSPS) is 24.4. The van der Waals surface area contributed by atoms with Crippen LogP contribution in [0.3, 0.4) is 0 Å². The van der Waals surface area contributed by atoms with Crippen LogP contribution in [0.5, 0.6) is 5.75 Å². The van der Waals surface area contributed by atoms with E-state index in [0.29, 0.717) is 12.1 Å². The van der Waals surface area contributed by atoms with Gasteiger partial charge in [0.25, 0.3) is 0 Å². The van der Waals surface area contributed by atoms with Crippen LogP contribution in [0.2, 0.25) is 0 Å². The quantitative estimate of drug-likeness (QED) is 0.886. The van der Waals surface area contributed by atoms with Gasteiger partial charge in [0.1, 0.15) is 5.75 Å². The van der Waals surface area contributed by atoms with Gasteiger partial charge in [0.2, 0.25) is 0 Å². The third-order valence-corrected chi connectivity index (χ3v) is 4.28. The Morgan fingerprint density at radius 2 is 2.00 bits per heavy atom. The largest absolute Gasteiger partial charge is 0.497 e. The Bertz CT molecular complexity index is 377. The van der Waals surface area contributed by atoms with Crippen LogP contribution < -0.4 is 10.5 Å². The number of nitrogens with zero attached hydrogens (tertiary/aromatic N) is 1. The fourth-order valence-electron chi connectivity index (χ4n) is 3.05. The predicted molar refractivity (Wildman–Crippen MR) is 79.6 cm³/mol. The Balaban J connectivity index is 1.91. The van der Waals surface area contributed by atoms with E-state index < -0.39 is 0 Å². The summed E-state index contributed by atoms with van der Waals surface area (Å²) in [6, 6.07) is 9.63. The molecule has 1 aliphatic heterocycles. The summed E-state index contributed by atoms with van der Waals surface area (Å²) in [7, 11) is 1.70. The molecule has 1 aromatic carbocycles. The van der Waals surface area contributed by atoms with Gasteiger partial charge < -0.3 is 10.5 Å². The van der Waals surface area contributed by atoms with Crippen LogP contribution in [0.15, 0.2) is 24.3 Å². The molecule has 106 valence electrons. The van der Waals surface area contributed by atoms with Crippen molar-refractivity contribution >= 4 is 0 Å². The molecule has 0 saturated carbocycles. The first-order chi connectivity index (χ1) is 9.24. The number of ether oxygens (including phenoxy) is 1. The molecule has 2 rings (SSSR count). The maximum absolute atomic E-state index is 5.90. The van der Waals surface area contributed by atoms with Crippen LogP contribution >= 0.6 is 0 Å². The zero-order valence-corrected chi connectivity index (χ0v) is 12.1. The highest BCUT2D eigenvalue weighted by Crippen LogP contribution is 2.22. The van der Waals surface area contributed by atoms with Gasteiger partial charge in [0, 0.05) is 25.2 Å². The molecule has 19 heavy (non-hydrogen) atoms. The van der Waals surface area contributed by atoms with E-state index >= 15 is 0 Å². The van der Waals surface area contributed by atoms with Crippen LogP contribution in [0, 0.1) is 0 Å². The number of hydrogen-bond acceptors (Lipinski definition) is 3. The van der Waals surface area contributed by atoms with Gasteiger partial charge in [-0.3, -0.25) is 4.90 Å². The molecule has 1 heterocycles. The Kier molecular flexibility index (Phi) is 5.23. The predicted octanol–water partition coefficient (Wildman–Crippen LogP) is 2.44. The van der Waals surface area contributed by atoms with Crippen LogP contribution in [-0.4, -0.2) is 37.2 Å². The van der Waals surface area contributed by atoms with E-state index in [0.717, 1.165) is 25.3 Å². The summed E-state index contributed by atoms with van der Waals surface area (Å²) in [4.78, 5) is 2.59. The van der Waals surface area contributed by atoms with Crippen molar-refractivity contribution in [1.29, 1.82) is 0 Å². The van der Waals surface area contributed by atoms with Crippen LogP contribution in [0.1, 0.15) is 31.7 Å². The Labute approximate surface area is 116 Å². The standard InChI is InChI=1S/C16H26N2O/c1-13-4-3-5-15(12-17)18(13)11-10-14-6-8-16(19-2)9-7-14/h6-9,13,15H,3-5,10-12,17H2,1-2H3. The van der Waals surface area contributed by atoms with E-state index in [1.807, 2.05) is 12.1 Å². The second-order valence-electron chi connectivity index (χ2n) is 5.51. The van der Waals surface area contributed by atoms with Crippen molar-refractivity contribution in [2.45, 2.75) is 44.7 Å². The molecule has 2 atom stereocenters. The number of nitrogens with two attached hydrogens (primary N) is 1. The fraction of sp³-hybridized carbons (Fsp3) is 0.625.